The van der Waals surface area contributed by atoms with Crippen LogP contribution >= 0.6 is 0 Å². The summed E-state index contributed by atoms with van der Waals surface area (Å²) in [6, 6.07) is 0.371. The minimum atomic E-state index is 0.213. The maximum Gasteiger partial charge on any atom is 0.220 e. The molecule has 3 heteroatoms. The molecule has 1 fully saturated rings. The summed E-state index contributed by atoms with van der Waals surface area (Å²) < 4.78 is 0. The molecule has 0 aromatic heterocycles. The van der Waals surface area contributed by atoms with Crippen LogP contribution in [0.4, 0.5) is 0 Å². The van der Waals surface area contributed by atoms with Gasteiger partial charge in [-0.15, -0.1) is 0 Å². The van der Waals surface area contributed by atoms with Crippen molar-refractivity contribution in [1.82, 2.24) is 10.6 Å². The van der Waals surface area contributed by atoms with Gasteiger partial charge in [0.25, 0.3) is 0 Å². The molecule has 0 radical (unpaired) electrons. The lowest BCUT2D eigenvalue weighted by Crippen LogP contribution is -2.37. The first-order valence-corrected chi connectivity index (χ1v) is 6.76. The number of rotatable bonds is 8. The van der Waals surface area contributed by atoms with E-state index in [0.29, 0.717) is 12.5 Å². The second-order valence-corrected chi connectivity index (χ2v) is 4.88. The van der Waals surface area contributed by atoms with Gasteiger partial charge >= 0.3 is 0 Å². The SMILES string of the molecule is CCCCC(CC)CNCC1CCC(=O)N1. The molecular weight excluding hydrogens is 200 g/mol. The molecule has 2 N–H and O–H groups in total. The lowest BCUT2D eigenvalue weighted by Gasteiger charge is -2.17. The highest BCUT2D eigenvalue weighted by Crippen LogP contribution is 2.11. The molecule has 16 heavy (non-hydrogen) atoms. The van der Waals surface area contributed by atoms with Gasteiger partial charge in [0.1, 0.15) is 0 Å². The van der Waals surface area contributed by atoms with Crippen molar-refractivity contribution in [3.8, 4) is 0 Å². The molecule has 0 bridgehead atoms. The Hall–Kier alpha value is -0.570. The van der Waals surface area contributed by atoms with E-state index in [1.54, 1.807) is 0 Å². The van der Waals surface area contributed by atoms with Crippen molar-refractivity contribution < 1.29 is 4.79 Å². The van der Waals surface area contributed by atoms with E-state index in [1.807, 2.05) is 0 Å². The third kappa shape index (κ3) is 4.97. The van der Waals surface area contributed by atoms with Crippen LogP contribution in [0, 0.1) is 5.92 Å². The lowest BCUT2D eigenvalue weighted by molar-refractivity contribution is -0.119. The van der Waals surface area contributed by atoms with Gasteiger partial charge in [-0.25, -0.2) is 0 Å². The number of hydrogen-bond donors (Lipinski definition) is 2. The fourth-order valence-electron chi connectivity index (χ4n) is 2.24. The Morgan fingerprint density at radius 3 is 2.88 bits per heavy atom. The Kier molecular flexibility index (Phi) is 6.46. The summed E-state index contributed by atoms with van der Waals surface area (Å²) in [7, 11) is 0. The van der Waals surface area contributed by atoms with Gasteiger partial charge in [0.05, 0.1) is 0 Å². The summed E-state index contributed by atoms with van der Waals surface area (Å²) in [5, 5.41) is 6.48. The molecule has 3 nitrogen and oxygen atoms in total. The first-order valence-electron chi connectivity index (χ1n) is 6.76. The Morgan fingerprint density at radius 2 is 2.31 bits per heavy atom. The molecule has 0 aromatic carbocycles. The van der Waals surface area contributed by atoms with Gasteiger partial charge in [0, 0.05) is 19.0 Å². The van der Waals surface area contributed by atoms with Gasteiger partial charge in [0.2, 0.25) is 5.91 Å². The zero-order valence-corrected chi connectivity index (χ0v) is 10.7. The molecule has 0 aromatic rings. The van der Waals surface area contributed by atoms with E-state index in [9.17, 15) is 4.79 Å². The standard InChI is InChI=1S/C13H26N2O/c1-3-5-6-11(4-2)9-14-10-12-7-8-13(16)15-12/h11-12,14H,3-10H2,1-2H3,(H,15,16). The van der Waals surface area contributed by atoms with E-state index in [2.05, 4.69) is 24.5 Å². The van der Waals surface area contributed by atoms with Gasteiger partial charge in [-0.1, -0.05) is 33.1 Å². The second kappa shape index (κ2) is 7.66. The Morgan fingerprint density at radius 1 is 1.50 bits per heavy atom. The summed E-state index contributed by atoms with van der Waals surface area (Å²) >= 11 is 0. The molecule has 1 saturated heterocycles. The molecular formula is C13H26N2O. The highest BCUT2D eigenvalue weighted by atomic mass is 16.1. The van der Waals surface area contributed by atoms with E-state index in [0.717, 1.165) is 25.4 Å². The fraction of sp³-hybridized carbons (Fsp3) is 0.923. The van der Waals surface area contributed by atoms with Crippen LogP contribution in [-0.4, -0.2) is 25.0 Å². The molecule has 0 spiro atoms. The fourth-order valence-corrected chi connectivity index (χ4v) is 2.24. The number of amides is 1. The zero-order valence-electron chi connectivity index (χ0n) is 10.7. The van der Waals surface area contributed by atoms with Crippen molar-refractivity contribution in [2.45, 2.75) is 58.4 Å². The minimum Gasteiger partial charge on any atom is -0.352 e. The molecule has 94 valence electrons. The first kappa shape index (κ1) is 13.5. The monoisotopic (exact) mass is 226 g/mol. The molecule has 2 atom stereocenters. The van der Waals surface area contributed by atoms with Gasteiger partial charge < -0.3 is 10.6 Å². The van der Waals surface area contributed by atoms with Gasteiger partial charge in [0.15, 0.2) is 0 Å². The molecule has 1 aliphatic rings. The summed E-state index contributed by atoms with van der Waals surface area (Å²) in [6.45, 7) is 6.55. The molecule has 0 saturated carbocycles. The van der Waals surface area contributed by atoms with Crippen LogP contribution in [0.2, 0.25) is 0 Å². The maximum absolute atomic E-state index is 11.0. The predicted octanol–water partition coefficient (Wildman–Crippen LogP) is 2.07. The van der Waals surface area contributed by atoms with Crippen molar-refractivity contribution in [3.63, 3.8) is 0 Å². The normalized spacial score (nSPS) is 22.1. The van der Waals surface area contributed by atoms with Crippen molar-refractivity contribution in [1.29, 1.82) is 0 Å². The predicted molar refractivity (Wildman–Crippen MR) is 67.3 cm³/mol. The van der Waals surface area contributed by atoms with Crippen molar-refractivity contribution in [2.75, 3.05) is 13.1 Å². The molecule has 1 aliphatic heterocycles. The average Bonchev–Trinajstić information content (AvgIpc) is 2.69. The Labute approximate surface area is 99.4 Å². The average molecular weight is 226 g/mol. The van der Waals surface area contributed by atoms with Crippen molar-refractivity contribution in [3.05, 3.63) is 0 Å². The Bertz CT molecular complexity index is 206. The lowest BCUT2D eigenvalue weighted by atomic mass is 9.99. The zero-order chi connectivity index (χ0) is 11.8. The van der Waals surface area contributed by atoms with Gasteiger partial charge in [-0.2, -0.15) is 0 Å². The summed E-state index contributed by atoms with van der Waals surface area (Å²) in [4.78, 5) is 11.0. The van der Waals surface area contributed by atoms with Crippen LogP contribution in [0.5, 0.6) is 0 Å². The minimum absolute atomic E-state index is 0.213. The van der Waals surface area contributed by atoms with E-state index in [-0.39, 0.29) is 5.91 Å². The molecule has 1 heterocycles. The highest BCUT2D eigenvalue weighted by molar-refractivity contribution is 5.78. The largest absolute Gasteiger partial charge is 0.352 e. The van der Waals surface area contributed by atoms with E-state index in [4.69, 9.17) is 0 Å². The molecule has 1 rings (SSSR count). The van der Waals surface area contributed by atoms with E-state index in [1.165, 1.54) is 25.7 Å². The quantitative estimate of drug-likeness (QED) is 0.665. The van der Waals surface area contributed by atoms with Gasteiger partial charge in [-0.05, 0) is 25.3 Å². The first-order chi connectivity index (χ1) is 7.76. The van der Waals surface area contributed by atoms with E-state index >= 15 is 0 Å². The van der Waals surface area contributed by atoms with Crippen LogP contribution < -0.4 is 10.6 Å². The third-order valence-electron chi connectivity index (χ3n) is 3.45. The summed E-state index contributed by atoms with van der Waals surface area (Å²) in [5.74, 6) is 1.02. The molecule has 0 aliphatic carbocycles. The smallest absolute Gasteiger partial charge is 0.220 e. The van der Waals surface area contributed by atoms with Crippen LogP contribution in [0.25, 0.3) is 0 Å². The van der Waals surface area contributed by atoms with Crippen molar-refractivity contribution in [2.24, 2.45) is 5.92 Å². The summed E-state index contributed by atoms with van der Waals surface area (Å²) in [6.07, 6.45) is 6.91. The number of carbonyl (C=O) groups is 1. The third-order valence-corrected chi connectivity index (χ3v) is 3.45. The van der Waals surface area contributed by atoms with Crippen LogP contribution in [0.15, 0.2) is 0 Å². The van der Waals surface area contributed by atoms with E-state index < -0.39 is 0 Å². The molecule has 1 amide bonds. The maximum atomic E-state index is 11.0. The Balaban J connectivity index is 2.06. The topological polar surface area (TPSA) is 41.1 Å². The van der Waals surface area contributed by atoms with Crippen molar-refractivity contribution >= 4 is 5.91 Å². The molecule has 2 unspecified atom stereocenters. The summed E-state index contributed by atoms with van der Waals surface area (Å²) in [5.41, 5.74) is 0. The van der Waals surface area contributed by atoms with Crippen LogP contribution in [0.1, 0.15) is 52.4 Å². The van der Waals surface area contributed by atoms with Crippen LogP contribution in [-0.2, 0) is 4.79 Å². The number of hydrogen-bond acceptors (Lipinski definition) is 2. The van der Waals surface area contributed by atoms with Crippen LogP contribution in [0.3, 0.4) is 0 Å². The second-order valence-electron chi connectivity index (χ2n) is 4.88. The number of carbonyl (C=O) groups excluding carboxylic acids is 1. The number of unbranched alkanes of at least 4 members (excludes halogenated alkanes) is 1. The van der Waals surface area contributed by atoms with Gasteiger partial charge in [-0.3, -0.25) is 4.79 Å². The highest BCUT2D eigenvalue weighted by Gasteiger charge is 2.20. The number of nitrogens with one attached hydrogen (secondary N) is 2.